The molecule has 2 radical (unpaired) electrons. The van der Waals surface area contributed by atoms with E-state index in [0.717, 1.165) is 9.52 Å². The van der Waals surface area contributed by atoms with Gasteiger partial charge in [0.15, 0.2) is 0 Å². The molecule has 0 fully saturated rings. The second kappa shape index (κ2) is 11.9. The smallest absolute Gasteiger partial charge is 0.165 e. The molecule has 0 saturated carbocycles. The van der Waals surface area contributed by atoms with Gasteiger partial charge < -0.3 is 0 Å². The summed E-state index contributed by atoms with van der Waals surface area (Å²) < 4.78 is 0. The van der Waals surface area contributed by atoms with Gasteiger partial charge in [-0.2, -0.15) is 12.1 Å². The van der Waals surface area contributed by atoms with Crippen LogP contribution in [0.1, 0.15) is 11.1 Å². The first-order valence-corrected chi connectivity index (χ1v) is 11.1. The summed E-state index contributed by atoms with van der Waals surface area (Å²) in [5, 5.41) is 6.83. The van der Waals surface area contributed by atoms with E-state index in [0.29, 0.717) is 0 Å². The van der Waals surface area contributed by atoms with E-state index < -0.39 is 0 Å². The van der Waals surface area contributed by atoms with Gasteiger partial charge in [0, 0.05) is 0 Å². The minimum absolute atomic E-state index is 0. The van der Waals surface area contributed by atoms with Crippen molar-refractivity contribution >= 4 is 36.3 Å². The zero-order chi connectivity index (χ0) is 19.8. The Labute approximate surface area is 196 Å². The topological polar surface area (TPSA) is 0 Å². The second-order valence-corrected chi connectivity index (χ2v) is 8.02. The molecule has 0 saturated heterocycles. The van der Waals surface area contributed by atoms with Crippen LogP contribution in [0, 0.1) is 13.8 Å². The van der Waals surface area contributed by atoms with Crippen LogP contribution in [-0.4, -0.2) is 9.52 Å². The molecular weight excluding hydrogens is 444 g/mol. The van der Waals surface area contributed by atoms with E-state index in [1.165, 1.54) is 37.9 Å². The minimum atomic E-state index is 0. The normalized spacial score (nSPS) is 9.76. The van der Waals surface area contributed by atoms with Crippen molar-refractivity contribution in [2.75, 3.05) is 0 Å². The summed E-state index contributed by atoms with van der Waals surface area (Å²) in [6, 6.07) is 36.2. The molecule has 5 aromatic carbocycles. The Bertz CT molecular complexity index is 981. The summed E-state index contributed by atoms with van der Waals surface area (Å²) in [5.41, 5.74) is 2.70. The van der Waals surface area contributed by atoms with E-state index in [9.17, 15) is 0 Å². The van der Waals surface area contributed by atoms with Gasteiger partial charge in [0.05, 0.1) is 9.52 Å². The van der Waals surface area contributed by atoms with Gasteiger partial charge >= 0.3 is 26.2 Å². The summed E-state index contributed by atoms with van der Waals surface area (Å²) in [6.07, 6.45) is 0. The molecule has 0 nitrogen and oxygen atoms in total. The monoisotopic (exact) mass is 468 g/mol. The predicted molar refractivity (Wildman–Crippen MR) is 126 cm³/mol. The summed E-state index contributed by atoms with van der Waals surface area (Å²) in [6.45, 7) is 6.44. The van der Waals surface area contributed by atoms with Crippen LogP contribution in [-0.2, 0) is 26.2 Å². The molecule has 0 aliphatic carbocycles. The van der Waals surface area contributed by atoms with E-state index in [4.69, 9.17) is 0 Å². The van der Waals surface area contributed by atoms with Gasteiger partial charge in [-0.05, 0) is 0 Å². The first-order valence-electron chi connectivity index (χ1n) is 9.62. The van der Waals surface area contributed by atoms with Gasteiger partial charge in [0.1, 0.15) is 0 Å². The van der Waals surface area contributed by atoms with Crippen LogP contribution in [0.5, 0.6) is 0 Å². The predicted octanol–water partition coefficient (Wildman–Crippen LogP) is 6.80. The maximum atomic E-state index is 2.20. The van der Waals surface area contributed by atoms with E-state index in [2.05, 4.69) is 117 Å². The van der Waals surface area contributed by atoms with Crippen molar-refractivity contribution in [3.05, 3.63) is 114 Å². The van der Waals surface area contributed by atoms with Crippen molar-refractivity contribution in [1.29, 1.82) is 0 Å². The Hall–Kier alpha value is -2.02. The Kier molecular flexibility index (Phi) is 9.51. The molecule has 5 rings (SSSR count). The van der Waals surface area contributed by atoms with Gasteiger partial charge in [0.25, 0.3) is 0 Å². The SMILES string of the molecule is C[Si]c1ccccc1.Cc1cc2ccccc2[cH-]1.Cc1cc2ccccc2[cH-]1.[Zr+2]. The molecule has 0 unspecified atom stereocenters. The summed E-state index contributed by atoms with van der Waals surface area (Å²) >= 11 is 0. The molecule has 0 aliphatic rings. The average molecular weight is 470 g/mol. The van der Waals surface area contributed by atoms with Crippen LogP contribution < -0.4 is 5.19 Å². The van der Waals surface area contributed by atoms with E-state index in [-0.39, 0.29) is 26.2 Å². The standard InChI is InChI=1S/2C10H9.C7H8Si.Zr/c2*1-8-6-9-4-2-3-5-10(9)7-8;1-8-7-5-3-2-4-6-7;/h2*2-7H,1H3;2-6H,1H3;/q2*-1;;+2. The van der Waals surface area contributed by atoms with Crippen LogP contribution >= 0.6 is 0 Å². The summed E-state index contributed by atoms with van der Waals surface area (Å²) in [7, 11) is 0.930. The van der Waals surface area contributed by atoms with Crippen LogP contribution in [0.15, 0.2) is 103 Å². The number of hydrogen-bond donors (Lipinski definition) is 0. The molecule has 0 spiro atoms. The van der Waals surface area contributed by atoms with Crippen molar-refractivity contribution in [2.24, 2.45) is 0 Å². The van der Waals surface area contributed by atoms with Gasteiger partial charge in [0.2, 0.25) is 0 Å². The van der Waals surface area contributed by atoms with Crippen LogP contribution in [0.2, 0.25) is 6.55 Å². The van der Waals surface area contributed by atoms with Crippen molar-refractivity contribution in [3.63, 3.8) is 0 Å². The zero-order valence-corrected chi connectivity index (χ0v) is 20.8. The molecule has 142 valence electrons. The maximum Gasteiger partial charge on any atom is 2.00 e. The second-order valence-electron chi connectivity index (χ2n) is 6.94. The van der Waals surface area contributed by atoms with Gasteiger partial charge in [-0.1, -0.05) is 68.0 Å². The quantitative estimate of drug-likeness (QED) is 0.187. The van der Waals surface area contributed by atoms with E-state index >= 15 is 0 Å². The molecule has 0 atom stereocenters. The molecule has 0 heterocycles. The molecule has 29 heavy (non-hydrogen) atoms. The molecule has 0 bridgehead atoms. The van der Waals surface area contributed by atoms with Crippen molar-refractivity contribution in [2.45, 2.75) is 20.4 Å². The molecule has 0 aliphatic heterocycles. The largest absolute Gasteiger partial charge is 2.00 e. The van der Waals surface area contributed by atoms with Gasteiger partial charge in [-0.25, -0.2) is 0 Å². The number of aryl methyl sites for hydroxylation is 2. The first-order chi connectivity index (χ1) is 13.7. The number of hydrogen-bond acceptors (Lipinski definition) is 0. The number of benzene rings is 3. The van der Waals surface area contributed by atoms with Crippen LogP contribution in [0.3, 0.4) is 0 Å². The zero-order valence-electron chi connectivity index (χ0n) is 17.3. The third-order valence-electron chi connectivity index (χ3n) is 4.59. The molecule has 0 amide bonds. The fourth-order valence-corrected chi connectivity index (χ4v) is 3.74. The molecule has 5 aromatic rings. The Morgan fingerprint density at radius 2 is 1.00 bits per heavy atom. The number of rotatable bonds is 1. The molecule has 0 N–H and O–H groups in total. The molecular formula is C27H26SiZr. The third kappa shape index (κ3) is 7.07. The fourth-order valence-electron chi connectivity index (χ4n) is 3.22. The van der Waals surface area contributed by atoms with Crippen LogP contribution in [0.4, 0.5) is 0 Å². The fraction of sp³-hybridized carbons (Fsp3) is 0.111. The summed E-state index contributed by atoms with van der Waals surface area (Å²) in [4.78, 5) is 0. The first kappa shape index (κ1) is 23.3. The maximum absolute atomic E-state index is 2.20. The minimum Gasteiger partial charge on any atom is -0.165 e. The Morgan fingerprint density at radius 3 is 1.38 bits per heavy atom. The Morgan fingerprint density at radius 1 is 0.586 bits per heavy atom. The van der Waals surface area contributed by atoms with E-state index in [1.54, 1.807) is 0 Å². The summed E-state index contributed by atoms with van der Waals surface area (Å²) in [5.74, 6) is 0. The number of fused-ring (bicyclic) bond motifs is 2. The molecule has 0 aromatic heterocycles. The van der Waals surface area contributed by atoms with Crippen molar-refractivity contribution in [1.82, 2.24) is 0 Å². The average Bonchev–Trinajstić information content (AvgIpc) is 3.29. The van der Waals surface area contributed by atoms with Gasteiger partial charge in [-0.15, -0.1) is 81.2 Å². The van der Waals surface area contributed by atoms with Crippen molar-refractivity contribution < 1.29 is 26.2 Å². The third-order valence-corrected chi connectivity index (χ3v) is 5.50. The molecule has 2 heteroatoms. The van der Waals surface area contributed by atoms with E-state index in [1.807, 2.05) is 6.07 Å². The van der Waals surface area contributed by atoms with Crippen LogP contribution in [0.25, 0.3) is 21.5 Å². The van der Waals surface area contributed by atoms with Gasteiger partial charge in [-0.3, -0.25) is 0 Å². The Balaban J connectivity index is 0.000000154. The van der Waals surface area contributed by atoms with Crippen molar-refractivity contribution in [3.8, 4) is 0 Å².